The molecule has 2 amide bonds. The van der Waals surface area contributed by atoms with Crippen LogP contribution in [0.2, 0.25) is 0 Å². The van der Waals surface area contributed by atoms with Crippen LogP contribution in [0.1, 0.15) is 33.6 Å². The molecule has 0 radical (unpaired) electrons. The third-order valence-corrected chi connectivity index (χ3v) is 4.83. The van der Waals surface area contributed by atoms with Gasteiger partial charge < -0.3 is 10.2 Å². The van der Waals surface area contributed by atoms with E-state index in [4.69, 9.17) is 0 Å². The van der Waals surface area contributed by atoms with Gasteiger partial charge >= 0.3 is 6.18 Å². The fourth-order valence-corrected chi connectivity index (χ4v) is 3.34. The molecule has 0 aliphatic carbocycles. The van der Waals surface area contributed by atoms with Gasteiger partial charge in [0.1, 0.15) is 5.92 Å². The Hall–Kier alpha value is -1.27. The molecule has 2 atom stereocenters. The number of hydrogen-bond acceptors (Lipinski definition) is 2. The maximum atomic E-state index is 12.7. The molecule has 2 rings (SSSR count). The van der Waals surface area contributed by atoms with Crippen molar-refractivity contribution in [1.82, 2.24) is 10.2 Å². The Kier molecular flexibility index (Phi) is 4.46. The third-order valence-electron chi connectivity index (χ3n) is 4.83. The number of alkyl halides is 3. The van der Waals surface area contributed by atoms with Crippen molar-refractivity contribution in [3.63, 3.8) is 0 Å². The first-order valence-electron chi connectivity index (χ1n) is 7.65. The highest BCUT2D eigenvalue weighted by Gasteiger charge is 2.48. The first-order chi connectivity index (χ1) is 10.0. The largest absolute Gasteiger partial charge is 0.391 e. The molecule has 0 bridgehead atoms. The summed E-state index contributed by atoms with van der Waals surface area (Å²) >= 11 is 0. The molecule has 2 aliphatic heterocycles. The van der Waals surface area contributed by atoms with E-state index in [-0.39, 0.29) is 49.1 Å². The Morgan fingerprint density at radius 3 is 2.18 bits per heavy atom. The van der Waals surface area contributed by atoms with Crippen LogP contribution in [0.15, 0.2) is 0 Å². The number of nitrogens with one attached hydrogen (secondary N) is 1. The zero-order chi connectivity index (χ0) is 16.7. The molecule has 22 heavy (non-hydrogen) atoms. The minimum Gasteiger partial charge on any atom is -0.355 e. The van der Waals surface area contributed by atoms with Gasteiger partial charge in [-0.05, 0) is 18.3 Å². The summed E-state index contributed by atoms with van der Waals surface area (Å²) in [7, 11) is 0. The predicted molar refractivity (Wildman–Crippen MR) is 74.8 cm³/mol. The number of amides is 2. The molecule has 2 fully saturated rings. The minimum absolute atomic E-state index is 0.0731. The van der Waals surface area contributed by atoms with Gasteiger partial charge in [-0.2, -0.15) is 13.2 Å². The number of carbonyl (C=O) groups excluding carboxylic acids is 2. The average Bonchev–Trinajstić information content (AvgIpc) is 2.79. The molecule has 7 heteroatoms. The van der Waals surface area contributed by atoms with Gasteiger partial charge in [-0.25, -0.2) is 0 Å². The van der Waals surface area contributed by atoms with Crippen LogP contribution in [0.4, 0.5) is 13.2 Å². The van der Waals surface area contributed by atoms with Gasteiger partial charge in [-0.3, -0.25) is 9.59 Å². The molecule has 1 N–H and O–H groups in total. The standard InChI is InChI=1S/C15H23F3N2O2/c1-14(2,3)10-8-19-12(21)11(10)13(22)20-6-4-9(5-7-20)15(16,17)18/h9-11H,4-8H2,1-3H3,(H,19,21). The fourth-order valence-electron chi connectivity index (χ4n) is 3.34. The van der Waals surface area contributed by atoms with Crippen molar-refractivity contribution in [2.75, 3.05) is 19.6 Å². The number of hydrogen-bond donors (Lipinski definition) is 1. The van der Waals surface area contributed by atoms with Crippen LogP contribution in [0.3, 0.4) is 0 Å². The molecular weight excluding hydrogens is 297 g/mol. The summed E-state index contributed by atoms with van der Waals surface area (Å²) in [4.78, 5) is 26.0. The van der Waals surface area contributed by atoms with Crippen LogP contribution < -0.4 is 5.32 Å². The van der Waals surface area contributed by atoms with Gasteiger partial charge in [-0.15, -0.1) is 0 Å². The predicted octanol–water partition coefficient (Wildman–Crippen LogP) is 2.20. The maximum absolute atomic E-state index is 12.7. The van der Waals surface area contributed by atoms with Gasteiger partial charge in [-0.1, -0.05) is 20.8 Å². The van der Waals surface area contributed by atoms with E-state index in [2.05, 4.69) is 5.32 Å². The Morgan fingerprint density at radius 2 is 1.73 bits per heavy atom. The summed E-state index contributed by atoms with van der Waals surface area (Å²) in [6.45, 7) is 6.49. The van der Waals surface area contributed by atoms with Crippen LogP contribution in [-0.4, -0.2) is 42.5 Å². The second kappa shape index (κ2) is 5.74. The zero-order valence-corrected chi connectivity index (χ0v) is 13.2. The number of piperidine rings is 1. The highest BCUT2D eigenvalue weighted by molar-refractivity contribution is 6.02. The van der Waals surface area contributed by atoms with E-state index in [1.807, 2.05) is 20.8 Å². The lowest BCUT2D eigenvalue weighted by molar-refractivity contribution is -0.187. The summed E-state index contributed by atoms with van der Waals surface area (Å²) in [5.74, 6) is -2.87. The van der Waals surface area contributed by atoms with Crippen LogP contribution >= 0.6 is 0 Å². The Balaban J connectivity index is 2.04. The van der Waals surface area contributed by atoms with Crippen LogP contribution in [-0.2, 0) is 9.59 Å². The third kappa shape index (κ3) is 3.38. The van der Waals surface area contributed by atoms with Crippen LogP contribution in [0.25, 0.3) is 0 Å². The molecular formula is C15H23F3N2O2. The molecule has 0 aromatic heterocycles. The minimum atomic E-state index is -4.20. The van der Waals surface area contributed by atoms with E-state index < -0.39 is 18.0 Å². The Bertz CT molecular complexity index is 449. The van der Waals surface area contributed by atoms with Crippen molar-refractivity contribution in [2.24, 2.45) is 23.2 Å². The average molecular weight is 320 g/mol. The van der Waals surface area contributed by atoms with Crippen molar-refractivity contribution in [3.8, 4) is 0 Å². The highest BCUT2D eigenvalue weighted by atomic mass is 19.4. The highest BCUT2D eigenvalue weighted by Crippen LogP contribution is 2.38. The van der Waals surface area contributed by atoms with Crippen molar-refractivity contribution < 1.29 is 22.8 Å². The van der Waals surface area contributed by atoms with E-state index in [9.17, 15) is 22.8 Å². The lowest BCUT2D eigenvalue weighted by atomic mass is 9.74. The fraction of sp³-hybridized carbons (Fsp3) is 0.867. The molecule has 0 aromatic carbocycles. The molecule has 2 heterocycles. The van der Waals surface area contributed by atoms with Gasteiger partial charge in [0.25, 0.3) is 0 Å². The van der Waals surface area contributed by atoms with E-state index in [1.54, 1.807) is 0 Å². The summed E-state index contributed by atoms with van der Waals surface area (Å²) in [5, 5.41) is 2.71. The van der Waals surface area contributed by atoms with Crippen LogP contribution in [0, 0.1) is 23.2 Å². The molecule has 2 unspecified atom stereocenters. The molecule has 2 saturated heterocycles. The Labute approximate surface area is 128 Å². The number of halogens is 3. The summed E-state index contributed by atoms with van der Waals surface area (Å²) in [6, 6.07) is 0. The summed E-state index contributed by atoms with van der Waals surface area (Å²) in [6.07, 6.45) is -4.36. The first-order valence-corrected chi connectivity index (χ1v) is 7.65. The van der Waals surface area contributed by atoms with Crippen molar-refractivity contribution in [2.45, 2.75) is 39.8 Å². The second-order valence-electron chi connectivity index (χ2n) is 7.34. The second-order valence-corrected chi connectivity index (χ2v) is 7.34. The molecule has 4 nitrogen and oxygen atoms in total. The molecule has 0 aromatic rings. The lowest BCUT2D eigenvalue weighted by Gasteiger charge is -2.36. The molecule has 0 saturated carbocycles. The zero-order valence-electron chi connectivity index (χ0n) is 13.2. The van der Waals surface area contributed by atoms with Gasteiger partial charge in [0, 0.05) is 25.6 Å². The van der Waals surface area contributed by atoms with E-state index in [0.717, 1.165) is 0 Å². The van der Waals surface area contributed by atoms with Gasteiger partial charge in [0.05, 0.1) is 5.92 Å². The first kappa shape index (κ1) is 17.1. The van der Waals surface area contributed by atoms with E-state index in [1.165, 1.54) is 4.90 Å². The topological polar surface area (TPSA) is 49.4 Å². The monoisotopic (exact) mass is 320 g/mol. The number of nitrogens with zero attached hydrogens (tertiary/aromatic N) is 1. The normalized spacial score (nSPS) is 27.9. The maximum Gasteiger partial charge on any atom is 0.391 e. The SMILES string of the molecule is CC(C)(C)C1CNC(=O)C1C(=O)N1CCC(C(F)(F)F)CC1. The number of carbonyl (C=O) groups is 2. The van der Waals surface area contributed by atoms with Gasteiger partial charge in [0.15, 0.2) is 0 Å². The molecule has 126 valence electrons. The smallest absolute Gasteiger partial charge is 0.355 e. The Morgan fingerprint density at radius 1 is 1.18 bits per heavy atom. The molecule has 2 aliphatic rings. The van der Waals surface area contributed by atoms with Crippen LogP contribution in [0.5, 0.6) is 0 Å². The summed E-state index contributed by atoms with van der Waals surface area (Å²) in [5.41, 5.74) is -0.218. The van der Waals surface area contributed by atoms with Crippen molar-refractivity contribution >= 4 is 11.8 Å². The van der Waals surface area contributed by atoms with Gasteiger partial charge in [0.2, 0.25) is 11.8 Å². The lowest BCUT2D eigenvalue weighted by Crippen LogP contribution is -2.48. The van der Waals surface area contributed by atoms with Crippen molar-refractivity contribution in [3.05, 3.63) is 0 Å². The summed E-state index contributed by atoms with van der Waals surface area (Å²) < 4.78 is 38.0. The number of rotatable bonds is 1. The van der Waals surface area contributed by atoms with Crippen molar-refractivity contribution in [1.29, 1.82) is 0 Å². The number of likely N-dealkylation sites (tertiary alicyclic amines) is 1. The quantitative estimate of drug-likeness (QED) is 0.753. The van der Waals surface area contributed by atoms with E-state index >= 15 is 0 Å². The molecule has 0 spiro atoms. The van der Waals surface area contributed by atoms with E-state index in [0.29, 0.717) is 6.54 Å².